The standard InChI is InChI=1S/C48H82NO7P/c1-6-8-10-12-14-16-18-20-21-22-23-24-25-26-27-28-30-32-34-36-38-40-43-53-45-47(46-55-57(51,52)54-44-42-49(3,4)5)56-48(50)41-39-37-35-33-31-29-19-17-15-13-11-9-7-2/h8-11,14-17,20-21,23-24,26-27,29,31,47H,6-7,12-13,18-19,22,25,28,30,32-46H2,1-5H3/b10-8-,11-9-,16-14-,17-15-,21-20-,24-23-,27-26-,31-29-. The minimum absolute atomic E-state index is 0.0111. The molecular weight excluding hydrogens is 734 g/mol. The Kier molecular flexibility index (Phi) is 38.4. The number of allylic oxidation sites excluding steroid dienone is 16. The Labute approximate surface area is 349 Å². The Bertz CT molecular complexity index is 1230. The van der Waals surface area contributed by atoms with Crippen LogP contribution >= 0.6 is 7.82 Å². The maximum absolute atomic E-state index is 12.6. The van der Waals surface area contributed by atoms with Gasteiger partial charge in [-0.15, -0.1) is 0 Å². The van der Waals surface area contributed by atoms with Crippen LogP contribution in [-0.2, 0) is 27.9 Å². The van der Waals surface area contributed by atoms with Crippen LogP contribution in [0.1, 0.15) is 142 Å². The Morgan fingerprint density at radius 3 is 1.44 bits per heavy atom. The number of carbonyl (C=O) groups excluding carboxylic acids is 1. The Morgan fingerprint density at radius 1 is 0.544 bits per heavy atom. The fraction of sp³-hybridized carbons (Fsp3) is 0.646. The number of phosphoric acid groups is 1. The van der Waals surface area contributed by atoms with Gasteiger partial charge in [0.2, 0.25) is 0 Å². The monoisotopic (exact) mass is 816 g/mol. The molecule has 0 N–H and O–H groups in total. The number of unbranched alkanes of at least 4 members (excludes halogenated alkanes) is 9. The zero-order valence-corrected chi connectivity index (χ0v) is 37.6. The lowest BCUT2D eigenvalue weighted by Crippen LogP contribution is -2.37. The summed E-state index contributed by atoms with van der Waals surface area (Å²) in [6.45, 7) is 5.07. The topological polar surface area (TPSA) is 94.1 Å². The van der Waals surface area contributed by atoms with Gasteiger partial charge in [0.1, 0.15) is 19.3 Å². The number of esters is 1. The normalized spacial score (nSPS) is 14.7. The third kappa shape index (κ3) is 44.4. The summed E-state index contributed by atoms with van der Waals surface area (Å²) in [6, 6.07) is 0. The number of hydrogen-bond donors (Lipinski definition) is 0. The van der Waals surface area contributed by atoms with Crippen molar-refractivity contribution in [1.29, 1.82) is 0 Å². The van der Waals surface area contributed by atoms with Crippen LogP contribution in [0.3, 0.4) is 0 Å². The van der Waals surface area contributed by atoms with Crippen LogP contribution in [-0.4, -0.2) is 70.7 Å². The van der Waals surface area contributed by atoms with Crippen molar-refractivity contribution in [3.05, 3.63) is 97.2 Å². The van der Waals surface area contributed by atoms with Crippen molar-refractivity contribution in [2.24, 2.45) is 0 Å². The number of hydrogen-bond acceptors (Lipinski definition) is 7. The third-order valence-electron chi connectivity index (χ3n) is 8.63. The van der Waals surface area contributed by atoms with E-state index in [0.29, 0.717) is 24.1 Å². The van der Waals surface area contributed by atoms with Crippen molar-refractivity contribution in [3.63, 3.8) is 0 Å². The minimum Gasteiger partial charge on any atom is -0.756 e. The average Bonchev–Trinajstić information content (AvgIpc) is 3.16. The SMILES string of the molecule is CC/C=C\C/C=C\C/C=C\C/C=C\C/C=C\CCCCCCCCOCC(COP(=O)([O-])OCC[N+](C)(C)C)OC(=O)CCCCC/C=C\C/C=C\C/C=C\CC. The van der Waals surface area contributed by atoms with Crippen molar-refractivity contribution in [1.82, 2.24) is 0 Å². The van der Waals surface area contributed by atoms with Gasteiger partial charge in [-0.1, -0.05) is 143 Å². The molecule has 0 aromatic carbocycles. The number of carbonyl (C=O) groups is 1. The molecule has 0 aromatic rings. The number of likely N-dealkylation sites (N-methyl/N-ethyl adjacent to an activating group) is 1. The van der Waals surface area contributed by atoms with Gasteiger partial charge in [-0.25, -0.2) is 0 Å². The van der Waals surface area contributed by atoms with Gasteiger partial charge < -0.3 is 27.9 Å². The van der Waals surface area contributed by atoms with Crippen molar-refractivity contribution in [3.8, 4) is 0 Å². The average molecular weight is 816 g/mol. The molecule has 0 fully saturated rings. The number of ether oxygens (including phenoxy) is 2. The van der Waals surface area contributed by atoms with Gasteiger partial charge in [-0.3, -0.25) is 9.36 Å². The van der Waals surface area contributed by atoms with Gasteiger partial charge in [0.15, 0.2) is 0 Å². The largest absolute Gasteiger partial charge is 0.756 e. The van der Waals surface area contributed by atoms with Crippen molar-refractivity contribution in [2.45, 2.75) is 148 Å². The predicted molar refractivity (Wildman–Crippen MR) is 240 cm³/mol. The molecule has 0 saturated heterocycles. The lowest BCUT2D eigenvalue weighted by molar-refractivity contribution is -0.870. The summed E-state index contributed by atoms with van der Waals surface area (Å²) in [5, 5.41) is 0. The Hall–Kier alpha value is -2.58. The summed E-state index contributed by atoms with van der Waals surface area (Å²) in [5.74, 6) is -0.374. The van der Waals surface area contributed by atoms with Crippen LogP contribution < -0.4 is 4.89 Å². The van der Waals surface area contributed by atoms with Crippen molar-refractivity contribution in [2.75, 3.05) is 54.1 Å². The van der Waals surface area contributed by atoms with E-state index in [9.17, 15) is 14.3 Å². The predicted octanol–water partition coefficient (Wildman–Crippen LogP) is 12.4. The van der Waals surface area contributed by atoms with E-state index in [0.717, 1.165) is 96.3 Å². The van der Waals surface area contributed by atoms with Crippen molar-refractivity contribution < 1.29 is 37.3 Å². The van der Waals surface area contributed by atoms with E-state index in [1.54, 1.807) is 0 Å². The second kappa shape index (κ2) is 40.2. The quantitative estimate of drug-likeness (QED) is 0.0200. The molecule has 2 unspecified atom stereocenters. The molecule has 2 atom stereocenters. The highest BCUT2D eigenvalue weighted by molar-refractivity contribution is 7.45. The molecule has 0 spiro atoms. The summed E-state index contributed by atoms with van der Waals surface area (Å²) < 4.78 is 34.5. The summed E-state index contributed by atoms with van der Waals surface area (Å²) in [4.78, 5) is 25.0. The highest BCUT2D eigenvalue weighted by Crippen LogP contribution is 2.38. The summed E-state index contributed by atoms with van der Waals surface area (Å²) in [7, 11) is 1.31. The van der Waals surface area contributed by atoms with Crippen LogP contribution in [0, 0.1) is 0 Å². The summed E-state index contributed by atoms with van der Waals surface area (Å²) in [6.07, 6.45) is 54.3. The number of rotatable bonds is 39. The maximum atomic E-state index is 12.6. The van der Waals surface area contributed by atoms with Gasteiger partial charge in [0, 0.05) is 13.0 Å². The van der Waals surface area contributed by atoms with Gasteiger partial charge in [0.05, 0.1) is 34.4 Å². The second-order valence-electron chi connectivity index (χ2n) is 15.3. The van der Waals surface area contributed by atoms with Crippen LogP contribution in [0.15, 0.2) is 97.2 Å². The molecule has 0 rings (SSSR count). The van der Waals surface area contributed by atoms with Crippen LogP contribution in [0.2, 0.25) is 0 Å². The highest BCUT2D eigenvalue weighted by atomic mass is 31.2. The molecule has 0 aliphatic heterocycles. The molecule has 0 radical (unpaired) electrons. The smallest absolute Gasteiger partial charge is 0.306 e. The molecule has 57 heavy (non-hydrogen) atoms. The molecule has 8 nitrogen and oxygen atoms in total. The molecule has 0 saturated carbocycles. The first kappa shape index (κ1) is 54.4. The fourth-order valence-electron chi connectivity index (χ4n) is 5.29. The molecule has 9 heteroatoms. The molecule has 0 aromatic heterocycles. The van der Waals surface area contributed by atoms with Crippen molar-refractivity contribution >= 4 is 13.8 Å². The van der Waals surface area contributed by atoms with Gasteiger partial charge in [-0.05, 0) is 89.9 Å². The van der Waals surface area contributed by atoms with E-state index in [1.807, 2.05) is 21.1 Å². The van der Waals surface area contributed by atoms with E-state index in [2.05, 4.69) is 111 Å². The lowest BCUT2D eigenvalue weighted by atomic mass is 10.1. The summed E-state index contributed by atoms with van der Waals surface area (Å²) in [5.41, 5.74) is 0. The zero-order chi connectivity index (χ0) is 42.0. The molecule has 0 amide bonds. The van der Waals surface area contributed by atoms with Crippen LogP contribution in [0.25, 0.3) is 0 Å². The number of phosphoric ester groups is 1. The molecule has 0 aliphatic rings. The van der Waals surface area contributed by atoms with E-state index < -0.39 is 13.9 Å². The lowest BCUT2D eigenvalue weighted by Gasteiger charge is -2.28. The van der Waals surface area contributed by atoms with Crippen LogP contribution in [0.5, 0.6) is 0 Å². The van der Waals surface area contributed by atoms with Gasteiger partial charge >= 0.3 is 5.97 Å². The summed E-state index contributed by atoms with van der Waals surface area (Å²) >= 11 is 0. The first-order valence-electron chi connectivity index (χ1n) is 22.0. The number of quaternary nitrogens is 1. The van der Waals surface area contributed by atoms with Gasteiger partial charge in [0.25, 0.3) is 7.82 Å². The van der Waals surface area contributed by atoms with Crippen LogP contribution in [0.4, 0.5) is 0 Å². The fourth-order valence-corrected chi connectivity index (χ4v) is 6.02. The molecule has 0 bridgehead atoms. The molecular formula is C48H82NO7P. The Balaban J connectivity index is 4.29. The van der Waals surface area contributed by atoms with E-state index in [4.69, 9.17) is 18.5 Å². The van der Waals surface area contributed by atoms with E-state index in [-0.39, 0.29) is 32.2 Å². The minimum atomic E-state index is -4.54. The van der Waals surface area contributed by atoms with Gasteiger partial charge in [-0.2, -0.15) is 0 Å². The van der Waals surface area contributed by atoms with E-state index in [1.165, 1.54) is 19.3 Å². The number of nitrogens with zero attached hydrogens (tertiary/aromatic N) is 1. The first-order valence-corrected chi connectivity index (χ1v) is 23.4. The zero-order valence-electron chi connectivity index (χ0n) is 36.7. The van der Waals surface area contributed by atoms with E-state index >= 15 is 0 Å². The highest BCUT2D eigenvalue weighted by Gasteiger charge is 2.20. The molecule has 0 heterocycles. The molecule has 0 aliphatic carbocycles. The Morgan fingerprint density at radius 2 is 0.965 bits per heavy atom. The first-order chi connectivity index (χ1) is 27.6. The maximum Gasteiger partial charge on any atom is 0.306 e. The second-order valence-corrected chi connectivity index (χ2v) is 16.7. The molecule has 326 valence electrons. The third-order valence-corrected chi connectivity index (χ3v) is 9.59.